The van der Waals surface area contributed by atoms with E-state index >= 15 is 0 Å². The molecule has 0 saturated carbocycles. The maximum absolute atomic E-state index is 13.1. The number of nitrogens with zero attached hydrogens (tertiary/aromatic N) is 4. The van der Waals surface area contributed by atoms with E-state index in [2.05, 4.69) is 4.98 Å². The lowest BCUT2D eigenvalue weighted by Crippen LogP contribution is -2.59. The number of ketones is 1. The van der Waals surface area contributed by atoms with Gasteiger partial charge in [0.15, 0.2) is 5.82 Å². The van der Waals surface area contributed by atoms with Crippen LogP contribution in [0.25, 0.3) is 0 Å². The minimum absolute atomic E-state index is 0.0127. The van der Waals surface area contributed by atoms with Crippen LogP contribution in [-0.2, 0) is 18.3 Å². The maximum atomic E-state index is 13.1. The minimum Gasteiger partial charge on any atom is -0.370 e. The van der Waals surface area contributed by atoms with Crippen molar-refractivity contribution in [1.29, 1.82) is 0 Å². The van der Waals surface area contributed by atoms with Crippen LogP contribution in [0.2, 0.25) is 0 Å². The highest BCUT2D eigenvalue weighted by atomic mass is 19.4. The number of rotatable bonds is 3. The highest BCUT2D eigenvalue weighted by molar-refractivity contribution is 6.09. The number of aromatic nitrogens is 1. The molecule has 1 aliphatic carbocycles. The van der Waals surface area contributed by atoms with Gasteiger partial charge in [-0.2, -0.15) is 13.2 Å². The number of fused-ring (bicyclic) bond motifs is 5. The van der Waals surface area contributed by atoms with Crippen molar-refractivity contribution < 1.29 is 33.1 Å². The van der Waals surface area contributed by atoms with Crippen LogP contribution in [0.15, 0.2) is 54.1 Å². The summed E-state index contributed by atoms with van der Waals surface area (Å²) in [5.74, 6) is -1.01. The van der Waals surface area contributed by atoms with E-state index in [4.69, 9.17) is 0 Å². The summed E-state index contributed by atoms with van der Waals surface area (Å²) in [5, 5.41) is 35.0. The van der Waals surface area contributed by atoms with E-state index in [1.807, 2.05) is 0 Å². The molecular formula is C20H15F3N4O5. The summed E-state index contributed by atoms with van der Waals surface area (Å²) in [6.45, 7) is 0.0469. The molecule has 0 bridgehead atoms. The van der Waals surface area contributed by atoms with Crippen LogP contribution in [0.3, 0.4) is 0 Å². The summed E-state index contributed by atoms with van der Waals surface area (Å²) >= 11 is 0. The van der Waals surface area contributed by atoms with Gasteiger partial charge in [-0.25, -0.2) is 0 Å². The number of pyridine rings is 1. The number of halogens is 3. The summed E-state index contributed by atoms with van der Waals surface area (Å²) in [6, 6.07) is 7.75. The number of hydrogen-bond donors (Lipinski definition) is 2. The molecule has 0 radical (unpaired) electrons. The fraction of sp³-hybridized carbons (Fsp3) is 0.300. The number of carbonyl (C=O) groups excluding carboxylic acids is 1. The normalized spacial score (nSPS) is 26.5. The third-order valence-corrected chi connectivity index (χ3v) is 6.15. The van der Waals surface area contributed by atoms with E-state index in [9.17, 15) is 38.3 Å². The second kappa shape index (κ2) is 6.26. The number of carbonyl (C=O) groups is 1. The molecule has 166 valence electrons. The van der Waals surface area contributed by atoms with Crippen molar-refractivity contribution in [1.82, 2.24) is 14.8 Å². The summed E-state index contributed by atoms with van der Waals surface area (Å²) in [5.41, 5.74) is -6.78. The third kappa shape index (κ3) is 2.36. The Balaban J connectivity index is 1.60. The second-order valence-electron chi connectivity index (χ2n) is 7.81. The van der Waals surface area contributed by atoms with E-state index in [1.54, 1.807) is 0 Å². The number of alkyl halides is 3. The van der Waals surface area contributed by atoms with Gasteiger partial charge in [0.05, 0.1) is 4.92 Å². The van der Waals surface area contributed by atoms with Gasteiger partial charge < -0.3 is 20.0 Å². The Labute approximate surface area is 178 Å². The van der Waals surface area contributed by atoms with Gasteiger partial charge in [-0.15, -0.1) is 0 Å². The molecular weight excluding hydrogens is 433 g/mol. The van der Waals surface area contributed by atoms with Gasteiger partial charge in [-0.3, -0.25) is 19.9 Å². The number of benzene rings is 1. The molecule has 0 spiro atoms. The average molecular weight is 448 g/mol. The molecule has 3 aliphatic rings. The van der Waals surface area contributed by atoms with E-state index in [-0.39, 0.29) is 36.6 Å². The summed E-state index contributed by atoms with van der Waals surface area (Å²) in [7, 11) is 0. The zero-order chi connectivity index (χ0) is 23.1. The predicted molar refractivity (Wildman–Crippen MR) is 100.0 cm³/mol. The number of Topliss-reactive ketones (excluding diaryl/α,β-unsaturated/α-hetero) is 1. The molecule has 1 saturated heterocycles. The van der Waals surface area contributed by atoms with Crippen molar-refractivity contribution in [3.8, 4) is 0 Å². The van der Waals surface area contributed by atoms with Crippen molar-refractivity contribution in [2.24, 2.45) is 0 Å². The Morgan fingerprint density at radius 3 is 2.50 bits per heavy atom. The molecule has 9 nitrogen and oxygen atoms in total. The molecule has 1 fully saturated rings. The van der Waals surface area contributed by atoms with Crippen LogP contribution in [0.1, 0.15) is 27.2 Å². The molecule has 0 amide bonds. The Morgan fingerprint density at radius 2 is 1.88 bits per heavy atom. The van der Waals surface area contributed by atoms with Gasteiger partial charge in [-0.05, 0) is 11.6 Å². The monoisotopic (exact) mass is 448 g/mol. The van der Waals surface area contributed by atoms with Crippen molar-refractivity contribution in [2.75, 3.05) is 13.1 Å². The molecule has 2 N–H and O–H groups in total. The van der Waals surface area contributed by atoms with E-state index in [0.717, 1.165) is 17.2 Å². The molecule has 2 atom stereocenters. The summed E-state index contributed by atoms with van der Waals surface area (Å²) in [4.78, 5) is 30.2. The van der Waals surface area contributed by atoms with Gasteiger partial charge in [0, 0.05) is 37.0 Å². The molecule has 1 aromatic carbocycles. The predicted octanol–water partition coefficient (Wildman–Crippen LogP) is 1.45. The molecule has 32 heavy (non-hydrogen) atoms. The van der Waals surface area contributed by atoms with Gasteiger partial charge in [-0.1, -0.05) is 30.3 Å². The Kier molecular flexibility index (Phi) is 3.99. The molecule has 2 aliphatic heterocycles. The maximum Gasteiger partial charge on any atom is 0.433 e. The topological polar surface area (TPSA) is 120 Å². The highest BCUT2D eigenvalue weighted by Gasteiger charge is 2.78. The minimum atomic E-state index is -4.60. The summed E-state index contributed by atoms with van der Waals surface area (Å²) in [6.07, 6.45) is -3.59. The van der Waals surface area contributed by atoms with Crippen LogP contribution in [0.5, 0.6) is 0 Å². The Morgan fingerprint density at radius 1 is 1.16 bits per heavy atom. The Hall–Kier alpha value is -3.51. The SMILES string of the molecule is O=C1c2ccccc2C2(O)C([N+](=O)[O-])=C3N(Cc4ccc(C(F)(F)F)nc4)CCN3C12O. The molecule has 2 unspecified atom stereocenters. The first-order chi connectivity index (χ1) is 15.0. The van der Waals surface area contributed by atoms with Crippen molar-refractivity contribution in [2.45, 2.75) is 24.0 Å². The van der Waals surface area contributed by atoms with Crippen LogP contribution in [0, 0.1) is 10.1 Å². The van der Waals surface area contributed by atoms with Crippen molar-refractivity contribution in [3.05, 3.63) is 86.6 Å². The molecule has 1 aromatic heterocycles. The average Bonchev–Trinajstić information content (AvgIpc) is 3.28. The quantitative estimate of drug-likeness (QED) is 0.535. The van der Waals surface area contributed by atoms with Gasteiger partial charge >= 0.3 is 11.9 Å². The molecule has 12 heteroatoms. The van der Waals surface area contributed by atoms with Gasteiger partial charge in [0.25, 0.3) is 0 Å². The van der Waals surface area contributed by atoms with Crippen molar-refractivity contribution in [3.63, 3.8) is 0 Å². The largest absolute Gasteiger partial charge is 0.433 e. The fourth-order valence-electron chi connectivity index (χ4n) is 4.78. The lowest BCUT2D eigenvalue weighted by Gasteiger charge is -2.34. The zero-order valence-corrected chi connectivity index (χ0v) is 16.2. The zero-order valence-electron chi connectivity index (χ0n) is 16.2. The molecule has 2 aromatic rings. The van der Waals surface area contributed by atoms with Gasteiger partial charge in [0.2, 0.25) is 17.1 Å². The highest BCUT2D eigenvalue weighted by Crippen LogP contribution is 2.58. The molecule has 5 rings (SSSR count). The fourth-order valence-corrected chi connectivity index (χ4v) is 4.78. The second-order valence-corrected chi connectivity index (χ2v) is 7.81. The van der Waals surface area contributed by atoms with Crippen LogP contribution in [0.4, 0.5) is 13.2 Å². The van der Waals surface area contributed by atoms with Gasteiger partial charge in [0.1, 0.15) is 5.69 Å². The van der Waals surface area contributed by atoms with Crippen LogP contribution >= 0.6 is 0 Å². The molecule has 3 heterocycles. The van der Waals surface area contributed by atoms with E-state index in [0.29, 0.717) is 5.56 Å². The van der Waals surface area contributed by atoms with Crippen molar-refractivity contribution >= 4 is 5.78 Å². The van der Waals surface area contributed by atoms with Crippen LogP contribution in [-0.4, -0.2) is 54.5 Å². The lowest BCUT2D eigenvalue weighted by atomic mass is 9.88. The Bertz CT molecular complexity index is 1200. The summed E-state index contributed by atoms with van der Waals surface area (Å²) < 4.78 is 38.3. The van der Waals surface area contributed by atoms with Crippen LogP contribution < -0.4 is 0 Å². The number of nitro groups is 1. The smallest absolute Gasteiger partial charge is 0.370 e. The number of hydrogen-bond acceptors (Lipinski definition) is 8. The standard InChI is InChI=1S/C20H15F3N4O5/c21-20(22,23)14-6-5-11(9-24-14)10-25-7-8-26-17(25)15(27(31)32)18(29)13-4-2-1-3-12(13)16(28)19(18,26)30/h1-6,9,29-30H,7-8,10H2. The van der Waals surface area contributed by atoms with E-state index in [1.165, 1.54) is 35.2 Å². The lowest BCUT2D eigenvalue weighted by molar-refractivity contribution is -0.450. The van der Waals surface area contributed by atoms with E-state index < -0.39 is 39.6 Å². The first kappa shape index (κ1) is 20.4. The number of aliphatic hydroxyl groups is 2. The third-order valence-electron chi connectivity index (χ3n) is 6.15. The first-order valence-electron chi connectivity index (χ1n) is 9.54. The first-order valence-corrected chi connectivity index (χ1v) is 9.54.